The third-order valence-corrected chi connectivity index (χ3v) is 7.10. The summed E-state index contributed by atoms with van der Waals surface area (Å²) >= 11 is 6.23. The number of benzene rings is 1. The maximum Gasteiger partial charge on any atom is 0.403 e. The van der Waals surface area contributed by atoms with E-state index in [1.807, 2.05) is 22.9 Å². The van der Waals surface area contributed by atoms with Gasteiger partial charge >= 0.3 is 6.18 Å². The Morgan fingerprint density at radius 3 is 2.53 bits per heavy atom. The van der Waals surface area contributed by atoms with Crippen molar-refractivity contribution in [1.82, 2.24) is 24.6 Å². The van der Waals surface area contributed by atoms with Crippen molar-refractivity contribution in [2.45, 2.75) is 57.9 Å². The minimum atomic E-state index is -4.34. The topological polar surface area (TPSA) is 50.1 Å². The first-order valence-corrected chi connectivity index (χ1v) is 11.8. The smallest absolute Gasteiger partial charge is 0.357 e. The second-order valence-electron chi connectivity index (χ2n) is 9.16. The third-order valence-electron chi connectivity index (χ3n) is 6.86. The predicted molar refractivity (Wildman–Crippen MR) is 124 cm³/mol. The zero-order chi connectivity index (χ0) is 24.0. The number of fused-ring (bicyclic) bond motifs is 3. The quantitative estimate of drug-likeness (QED) is 0.500. The summed E-state index contributed by atoms with van der Waals surface area (Å²) in [6.07, 6.45) is -0.795. The summed E-state index contributed by atoms with van der Waals surface area (Å²) in [6.45, 7) is 5.09. The first-order chi connectivity index (χ1) is 16.2. The van der Waals surface area contributed by atoms with Gasteiger partial charge in [0.05, 0.1) is 12.2 Å². The normalized spacial score (nSPS) is 18.4. The van der Waals surface area contributed by atoms with Crippen LogP contribution in [0.1, 0.15) is 48.5 Å². The van der Waals surface area contributed by atoms with Crippen LogP contribution in [0, 0.1) is 6.92 Å². The van der Waals surface area contributed by atoms with Gasteiger partial charge in [0.2, 0.25) is 0 Å². The second kappa shape index (κ2) is 8.85. The number of pyridine rings is 1. The Labute approximate surface area is 201 Å². The van der Waals surface area contributed by atoms with Gasteiger partial charge in [-0.25, -0.2) is 4.98 Å². The van der Waals surface area contributed by atoms with E-state index in [9.17, 15) is 13.2 Å². The number of nitrogens with zero attached hydrogens (tertiary/aromatic N) is 6. The molecule has 2 aliphatic rings. The Balaban J connectivity index is 1.46. The van der Waals surface area contributed by atoms with E-state index in [1.54, 1.807) is 12.1 Å². The summed E-state index contributed by atoms with van der Waals surface area (Å²) in [5, 5.41) is 9.35. The number of piperidine rings is 1. The molecular weight excluding hydrogens is 465 g/mol. The summed E-state index contributed by atoms with van der Waals surface area (Å²) in [4.78, 5) is 8.15. The van der Waals surface area contributed by atoms with Crippen molar-refractivity contribution < 1.29 is 13.2 Å². The van der Waals surface area contributed by atoms with E-state index in [0.29, 0.717) is 10.8 Å². The predicted octanol–water partition coefficient (Wildman–Crippen LogP) is 5.27. The van der Waals surface area contributed by atoms with Gasteiger partial charge in [-0.3, -0.25) is 9.47 Å². The lowest BCUT2D eigenvalue weighted by molar-refractivity contribution is -0.182. The van der Waals surface area contributed by atoms with E-state index in [2.05, 4.69) is 33.1 Å². The van der Waals surface area contributed by atoms with Crippen LogP contribution in [-0.2, 0) is 13.1 Å². The number of halogens is 4. The van der Waals surface area contributed by atoms with Gasteiger partial charge in [0, 0.05) is 36.8 Å². The Hall–Kier alpha value is -2.65. The largest absolute Gasteiger partial charge is 0.403 e. The average Bonchev–Trinajstić information content (AvgIpc) is 3.14. The molecule has 0 aliphatic carbocycles. The summed E-state index contributed by atoms with van der Waals surface area (Å²) in [5.74, 6) is 2.44. The average molecular weight is 491 g/mol. The summed E-state index contributed by atoms with van der Waals surface area (Å²) in [6, 6.07) is 7.83. The first-order valence-electron chi connectivity index (χ1n) is 11.4. The van der Waals surface area contributed by atoms with E-state index in [0.717, 1.165) is 48.8 Å². The molecule has 4 heterocycles. The Morgan fingerprint density at radius 1 is 1.06 bits per heavy atom. The number of alkyl halides is 3. The molecule has 180 valence electrons. The van der Waals surface area contributed by atoms with Crippen molar-refractivity contribution in [3.8, 4) is 5.69 Å². The van der Waals surface area contributed by atoms with Crippen molar-refractivity contribution in [2.24, 2.45) is 0 Å². The van der Waals surface area contributed by atoms with Gasteiger partial charge in [-0.2, -0.15) is 13.2 Å². The molecule has 1 atom stereocenters. The van der Waals surface area contributed by atoms with Gasteiger partial charge < -0.3 is 4.90 Å². The molecule has 1 fully saturated rings. The number of anilines is 1. The SMILES string of the molecule is Cc1ccnc(N2CCC(c3nnc4n3-c3ccc(Cl)cc3CN(C(C)C(F)(F)F)C4)CC2)c1. The molecule has 0 radical (unpaired) electrons. The molecule has 0 amide bonds. The Kier molecular flexibility index (Phi) is 6.02. The molecule has 0 spiro atoms. The number of aryl methyl sites for hydroxylation is 1. The van der Waals surface area contributed by atoms with Crippen LogP contribution in [0.15, 0.2) is 36.5 Å². The summed E-state index contributed by atoms with van der Waals surface area (Å²) in [5.41, 5.74) is 2.71. The van der Waals surface area contributed by atoms with Crippen LogP contribution < -0.4 is 4.90 Å². The lowest BCUT2D eigenvalue weighted by Crippen LogP contribution is -2.42. The van der Waals surface area contributed by atoms with Crippen molar-refractivity contribution in [1.29, 1.82) is 0 Å². The van der Waals surface area contributed by atoms with Crippen molar-refractivity contribution in [2.75, 3.05) is 18.0 Å². The molecule has 10 heteroatoms. The molecule has 2 aromatic heterocycles. The van der Waals surface area contributed by atoms with E-state index < -0.39 is 12.2 Å². The highest BCUT2D eigenvalue weighted by molar-refractivity contribution is 6.30. The van der Waals surface area contributed by atoms with Crippen LogP contribution in [0.4, 0.5) is 19.0 Å². The van der Waals surface area contributed by atoms with E-state index in [1.165, 1.54) is 17.4 Å². The minimum absolute atomic E-state index is 0.0615. The Bertz CT molecular complexity index is 1190. The maximum absolute atomic E-state index is 13.6. The number of rotatable bonds is 3. The van der Waals surface area contributed by atoms with Crippen LogP contribution in [0.3, 0.4) is 0 Å². The fourth-order valence-corrected chi connectivity index (χ4v) is 5.05. The van der Waals surface area contributed by atoms with Crippen molar-refractivity contribution >= 4 is 17.4 Å². The number of aromatic nitrogens is 4. The second-order valence-corrected chi connectivity index (χ2v) is 9.59. The molecule has 1 aromatic carbocycles. The van der Waals surface area contributed by atoms with Gasteiger partial charge in [-0.15, -0.1) is 10.2 Å². The fraction of sp³-hybridized carbons (Fsp3) is 0.458. The molecule has 3 aromatic rings. The highest BCUT2D eigenvalue weighted by atomic mass is 35.5. The Morgan fingerprint density at radius 2 is 1.82 bits per heavy atom. The standard InChI is InChI=1S/C24H26ClF3N6/c1-15-5-8-29-21(11-15)32-9-6-17(7-10-32)23-31-30-22-14-33(16(2)24(26,27)28)13-18-12-19(25)3-4-20(18)34(22)23/h3-5,8,11-12,16-17H,6-7,9-10,13-14H2,1-2H3. The van der Waals surface area contributed by atoms with Gasteiger partial charge in [0.1, 0.15) is 17.7 Å². The van der Waals surface area contributed by atoms with Gasteiger partial charge in [-0.1, -0.05) is 11.6 Å². The minimum Gasteiger partial charge on any atom is -0.357 e. The monoisotopic (exact) mass is 490 g/mol. The zero-order valence-corrected chi connectivity index (χ0v) is 19.8. The molecule has 6 nitrogen and oxygen atoms in total. The first kappa shape index (κ1) is 23.1. The van der Waals surface area contributed by atoms with Gasteiger partial charge in [-0.05, 0) is 68.1 Å². The zero-order valence-electron chi connectivity index (χ0n) is 19.1. The summed E-state index contributed by atoms with van der Waals surface area (Å²) in [7, 11) is 0. The van der Waals surface area contributed by atoms with Crippen LogP contribution >= 0.6 is 11.6 Å². The van der Waals surface area contributed by atoms with Gasteiger partial charge in [0.25, 0.3) is 0 Å². The highest BCUT2D eigenvalue weighted by Gasteiger charge is 2.42. The molecule has 1 saturated heterocycles. The van der Waals surface area contributed by atoms with Crippen LogP contribution in [0.5, 0.6) is 0 Å². The van der Waals surface area contributed by atoms with Gasteiger partial charge in [0.15, 0.2) is 5.82 Å². The fourth-order valence-electron chi connectivity index (χ4n) is 4.86. The maximum atomic E-state index is 13.6. The molecular formula is C24H26ClF3N6. The highest BCUT2D eigenvalue weighted by Crippen LogP contribution is 2.36. The molecule has 2 aliphatic heterocycles. The van der Waals surface area contributed by atoms with E-state index in [-0.39, 0.29) is 19.0 Å². The van der Waals surface area contributed by atoms with Crippen LogP contribution in [-0.4, -0.2) is 50.0 Å². The van der Waals surface area contributed by atoms with Crippen LogP contribution in [0.2, 0.25) is 5.02 Å². The lowest BCUT2D eigenvalue weighted by atomic mass is 9.95. The van der Waals surface area contributed by atoms with Crippen molar-refractivity contribution in [3.63, 3.8) is 0 Å². The molecule has 5 rings (SSSR count). The van der Waals surface area contributed by atoms with E-state index in [4.69, 9.17) is 11.6 Å². The molecule has 1 unspecified atom stereocenters. The van der Waals surface area contributed by atoms with Crippen LogP contribution in [0.25, 0.3) is 5.69 Å². The summed E-state index contributed by atoms with van der Waals surface area (Å²) < 4.78 is 42.7. The van der Waals surface area contributed by atoms with Crippen molar-refractivity contribution in [3.05, 3.63) is 64.3 Å². The number of hydrogen-bond acceptors (Lipinski definition) is 5. The lowest BCUT2D eigenvalue weighted by Gasteiger charge is -2.32. The molecule has 34 heavy (non-hydrogen) atoms. The molecule has 0 N–H and O–H groups in total. The van der Waals surface area contributed by atoms with E-state index >= 15 is 0 Å². The number of hydrogen-bond donors (Lipinski definition) is 0. The molecule has 0 bridgehead atoms. The molecule has 0 saturated carbocycles. The third kappa shape index (κ3) is 4.38.